The van der Waals surface area contributed by atoms with Crippen molar-refractivity contribution in [3.8, 4) is 0 Å². The monoisotopic (exact) mass is 247 g/mol. The van der Waals surface area contributed by atoms with Crippen molar-refractivity contribution in [2.24, 2.45) is 0 Å². The Morgan fingerprint density at radius 1 is 1.47 bits per heavy atom. The standard InChI is InChI=1S/C10H12F3N3O/c1-2-14-9(17)6-16-8-5-7(3-4-15-8)10(11,12)13/h3-5H,2,6H2,1H3,(H,14,17)(H,15,16). The van der Waals surface area contributed by atoms with Crippen LogP contribution >= 0.6 is 0 Å². The number of aromatic nitrogens is 1. The first-order chi connectivity index (χ1) is 7.93. The predicted octanol–water partition coefficient (Wildman–Crippen LogP) is 1.65. The molecule has 1 amide bonds. The van der Waals surface area contributed by atoms with Crippen LogP contribution in [-0.4, -0.2) is 24.0 Å². The highest BCUT2D eigenvalue weighted by atomic mass is 19.4. The fourth-order valence-electron chi connectivity index (χ4n) is 1.13. The lowest BCUT2D eigenvalue weighted by Gasteiger charge is -2.09. The van der Waals surface area contributed by atoms with Crippen molar-refractivity contribution in [3.05, 3.63) is 23.9 Å². The third kappa shape index (κ3) is 4.29. The quantitative estimate of drug-likeness (QED) is 0.850. The Labute approximate surface area is 96.2 Å². The third-order valence-electron chi connectivity index (χ3n) is 1.89. The molecule has 7 heteroatoms. The first-order valence-corrected chi connectivity index (χ1v) is 4.97. The molecule has 17 heavy (non-hydrogen) atoms. The van der Waals surface area contributed by atoms with Crippen molar-refractivity contribution in [2.45, 2.75) is 13.1 Å². The van der Waals surface area contributed by atoms with E-state index < -0.39 is 11.7 Å². The van der Waals surface area contributed by atoms with Crippen LogP contribution in [0.1, 0.15) is 12.5 Å². The van der Waals surface area contributed by atoms with Gasteiger partial charge in [0.2, 0.25) is 5.91 Å². The van der Waals surface area contributed by atoms with Crippen LogP contribution in [0.4, 0.5) is 19.0 Å². The van der Waals surface area contributed by atoms with Crippen molar-refractivity contribution in [1.29, 1.82) is 0 Å². The Morgan fingerprint density at radius 3 is 2.76 bits per heavy atom. The summed E-state index contributed by atoms with van der Waals surface area (Å²) in [5.41, 5.74) is -0.800. The lowest BCUT2D eigenvalue weighted by Crippen LogP contribution is -2.29. The van der Waals surface area contributed by atoms with E-state index >= 15 is 0 Å². The van der Waals surface area contributed by atoms with E-state index in [9.17, 15) is 18.0 Å². The molecule has 1 rings (SSSR count). The number of halogens is 3. The van der Waals surface area contributed by atoms with Gasteiger partial charge in [0.25, 0.3) is 0 Å². The second-order valence-corrected chi connectivity index (χ2v) is 3.23. The van der Waals surface area contributed by atoms with E-state index in [1.165, 1.54) is 0 Å². The second-order valence-electron chi connectivity index (χ2n) is 3.23. The minimum atomic E-state index is -4.41. The first kappa shape index (κ1) is 13.3. The molecule has 0 saturated carbocycles. The lowest BCUT2D eigenvalue weighted by atomic mass is 10.2. The second kappa shape index (κ2) is 5.51. The molecule has 0 saturated heterocycles. The Kier molecular flexibility index (Phi) is 4.30. The molecule has 0 unspecified atom stereocenters. The van der Waals surface area contributed by atoms with Crippen molar-refractivity contribution >= 4 is 11.7 Å². The van der Waals surface area contributed by atoms with Crippen LogP contribution in [0, 0.1) is 0 Å². The number of amides is 1. The summed E-state index contributed by atoms with van der Waals surface area (Å²) >= 11 is 0. The molecule has 0 fully saturated rings. The maximum atomic E-state index is 12.4. The summed E-state index contributed by atoms with van der Waals surface area (Å²) < 4.78 is 37.1. The van der Waals surface area contributed by atoms with Crippen molar-refractivity contribution in [2.75, 3.05) is 18.4 Å². The normalized spacial score (nSPS) is 11.1. The van der Waals surface area contributed by atoms with E-state index in [1.807, 2.05) is 0 Å². The van der Waals surface area contributed by atoms with Gasteiger partial charge < -0.3 is 10.6 Å². The van der Waals surface area contributed by atoms with Gasteiger partial charge in [0.05, 0.1) is 12.1 Å². The molecule has 2 N–H and O–H groups in total. The zero-order valence-corrected chi connectivity index (χ0v) is 9.14. The number of carbonyl (C=O) groups excluding carboxylic acids is 1. The van der Waals surface area contributed by atoms with Gasteiger partial charge in [-0.3, -0.25) is 4.79 Å². The van der Waals surface area contributed by atoms with E-state index in [0.717, 1.165) is 18.3 Å². The lowest BCUT2D eigenvalue weighted by molar-refractivity contribution is -0.137. The Bertz CT molecular complexity index is 393. The van der Waals surface area contributed by atoms with Gasteiger partial charge in [0, 0.05) is 12.7 Å². The average Bonchev–Trinajstić information content (AvgIpc) is 2.26. The highest BCUT2D eigenvalue weighted by molar-refractivity contribution is 5.80. The molecular weight excluding hydrogens is 235 g/mol. The Balaban J connectivity index is 2.64. The van der Waals surface area contributed by atoms with Crippen molar-refractivity contribution in [1.82, 2.24) is 10.3 Å². The highest BCUT2D eigenvalue weighted by Crippen LogP contribution is 2.29. The molecule has 1 aromatic heterocycles. The number of pyridine rings is 1. The molecule has 0 aliphatic carbocycles. The predicted molar refractivity (Wildman–Crippen MR) is 56.4 cm³/mol. The van der Waals surface area contributed by atoms with Crippen LogP contribution in [0.3, 0.4) is 0 Å². The minimum Gasteiger partial charge on any atom is -0.361 e. The number of carbonyl (C=O) groups is 1. The minimum absolute atomic E-state index is 0.0195. The maximum Gasteiger partial charge on any atom is 0.416 e. The van der Waals surface area contributed by atoms with Crippen LogP contribution < -0.4 is 10.6 Å². The summed E-state index contributed by atoms with van der Waals surface area (Å²) in [5, 5.41) is 5.03. The molecular formula is C10H12F3N3O. The number of likely N-dealkylation sites (N-methyl/N-ethyl adjacent to an activating group) is 1. The summed E-state index contributed by atoms with van der Waals surface area (Å²) in [4.78, 5) is 14.8. The summed E-state index contributed by atoms with van der Waals surface area (Å²) in [6.07, 6.45) is -3.37. The molecule has 0 radical (unpaired) electrons. The fraction of sp³-hybridized carbons (Fsp3) is 0.400. The number of anilines is 1. The molecule has 1 aromatic rings. The molecule has 4 nitrogen and oxygen atoms in total. The summed E-state index contributed by atoms with van der Waals surface area (Å²) in [7, 11) is 0. The van der Waals surface area contributed by atoms with Crippen LogP contribution in [0.25, 0.3) is 0 Å². The number of rotatable bonds is 4. The highest BCUT2D eigenvalue weighted by Gasteiger charge is 2.30. The SMILES string of the molecule is CCNC(=O)CNc1cc(C(F)(F)F)ccn1. The van der Waals surface area contributed by atoms with Gasteiger partial charge in [-0.2, -0.15) is 13.2 Å². The van der Waals surface area contributed by atoms with Crippen LogP contribution in [0.2, 0.25) is 0 Å². The molecule has 0 bridgehead atoms. The van der Waals surface area contributed by atoms with Crippen LogP contribution in [-0.2, 0) is 11.0 Å². The summed E-state index contributed by atoms with van der Waals surface area (Å²) in [5.74, 6) is -0.280. The van der Waals surface area contributed by atoms with E-state index in [-0.39, 0.29) is 18.3 Å². The van der Waals surface area contributed by atoms with E-state index in [0.29, 0.717) is 6.54 Å². The third-order valence-corrected chi connectivity index (χ3v) is 1.89. The number of alkyl halides is 3. The van der Waals surface area contributed by atoms with Gasteiger partial charge in [0.15, 0.2) is 0 Å². The molecule has 94 valence electrons. The summed E-state index contributed by atoms with van der Waals surface area (Å²) in [6.45, 7) is 2.11. The van der Waals surface area contributed by atoms with E-state index in [1.54, 1.807) is 6.92 Å². The zero-order chi connectivity index (χ0) is 12.9. The molecule has 0 aliphatic heterocycles. The molecule has 0 aliphatic rings. The fourth-order valence-corrected chi connectivity index (χ4v) is 1.13. The van der Waals surface area contributed by atoms with Crippen LogP contribution in [0.5, 0.6) is 0 Å². The molecule has 0 atom stereocenters. The van der Waals surface area contributed by atoms with Gasteiger partial charge in [0.1, 0.15) is 5.82 Å². The first-order valence-electron chi connectivity index (χ1n) is 4.97. The topological polar surface area (TPSA) is 54.0 Å². The van der Waals surface area contributed by atoms with Crippen molar-refractivity contribution in [3.63, 3.8) is 0 Å². The van der Waals surface area contributed by atoms with Crippen molar-refractivity contribution < 1.29 is 18.0 Å². The largest absolute Gasteiger partial charge is 0.416 e. The van der Waals surface area contributed by atoms with Gasteiger partial charge in [-0.25, -0.2) is 4.98 Å². The van der Waals surface area contributed by atoms with Crippen LogP contribution in [0.15, 0.2) is 18.3 Å². The van der Waals surface area contributed by atoms with Gasteiger partial charge in [-0.1, -0.05) is 0 Å². The molecule has 0 aromatic carbocycles. The van der Waals surface area contributed by atoms with E-state index in [2.05, 4.69) is 15.6 Å². The maximum absolute atomic E-state index is 12.4. The van der Waals surface area contributed by atoms with Gasteiger partial charge in [-0.15, -0.1) is 0 Å². The summed E-state index contributed by atoms with van der Waals surface area (Å²) in [6, 6.07) is 1.73. The molecule has 0 spiro atoms. The van der Waals surface area contributed by atoms with Gasteiger partial charge >= 0.3 is 6.18 Å². The Hall–Kier alpha value is -1.79. The smallest absolute Gasteiger partial charge is 0.361 e. The number of hydrogen-bond acceptors (Lipinski definition) is 3. The average molecular weight is 247 g/mol. The van der Waals surface area contributed by atoms with E-state index in [4.69, 9.17) is 0 Å². The Morgan fingerprint density at radius 2 is 2.18 bits per heavy atom. The number of nitrogens with zero attached hydrogens (tertiary/aromatic N) is 1. The molecule has 1 heterocycles. The number of hydrogen-bond donors (Lipinski definition) is 2. The van der Waals surface area contributed by atoms with Gasteiger partial charge in [-0.05, 0) is 19.1 Å². The number of nitrogens with one attached hydrogen (secondary N) is 2. The zero-order valence-electron chi connectivity index (χ0n) is 9.14.